The largest absolute Gasteiger partial charge is 0.508 e. The molecule has 0 radical (unpaired) electrons. The first-order valence-electron chi connectivity index (χ1n) is 5.53. The molecule has 2 aromatic rings. The fraction of sp³-hybridized carbons (Fsp3) is 0.0714. The second-order valence-electron chi connectivity index (χ2n) is 4.08. The maximum Gasteiger partial charge on any atom is 0.255 e. The zero-order valence-electron chi connectivity index (χ0n) is 10.1. The zero-order valence-corrected chi connectivity index (χ0v) is 11.6. The highest BCUT2D eigenvalue weighted by molar-refractivity contribution is 6.36. The number of rotatable bonds is 2. The molecule has 3 nitrogen and oxygen atoms in total. The molecule has 19 heavy (non-hydrogen) atoms. The molecule has 0 saturated heterocycles. The Labute approximate surface area is 120 Å². The Morgan fingerprint density at radius 3 is 2.53 bits per heavy atom. The van der Waals surface area contributed by atoms with E-state index in [9.17, 15) is 9.90 Å². The third-order valence-corrected chi connectivity index (χ3v) is 3.20. The van der Waals surface area contributed by atoms with Crippen LogP contribution in [0.25, 0.3) is 0 Å². The van der Waals surface area contributed by atoms with Crippen molar-refractivity contribution in [2.24, 2.45) is 0 Å². The molecule has 0 spiro atoms. The number of carbonyl (C=O) groups is 1. The SMILES string of the molecule is Cc1ccc(C(=O)Nc2ccc(Cl)cc2Cl)cc1O. The van der Waals surface area contributed by atoms with E-state index >= 15 is 0 Å². The maximum atomic E-state index is 12.0. The van der Waals surface area contributed by atoms with Gasteiger partial charge in [0.25, 0.3) is 5.91 Å². The minimum absolute atomic E-state index is 0.0786. The van der Waals surface area contributed by atoms with Crippen molar-refractivity contribution in [2.75, 3.05) is 5.32 Å². The number of nitrogens with one attached hydrogen (secondary N) is 1. The van der Waals surface area contributed by atoms with Crippen LogP contribution in [0.4, 0.5) is 5.69 Å². The number of amides is 1. The van der Waals surface area contributed by atoms with Gasteiger partial charge in [-0.25, -0.2) is 0 Å². The monoisotopic (exact) mass is 295 g/mol. The van der Waals surface area contributed by atoms with Crippen molar-refractivity contribution < 1.29 is 9.90 Å². The average molecular weight is 296 g/mol. The molecule has 98 valence electrons. The highest BCUT2D eigenvalue weighted by Gasteiger charge is 2.10. The first-order chi connectivity index (χ1) is 8.97. The van der Waals surface area contributed by atoms with Gasteiger partial charge in [-0.2, -0.15) is 0 Å². The van der Waals surface area contributed by atoms with Crippen molar-refractivity contribution in [3.63, 3.8) is 0 Å². The summed E-state index contributed by atoms with van der Waals surface area (Å²) in [6.45, 7) is 1.76. The second-order valence-corrected chi connectivity index (χ2v) is 4.92. The zero-order chi connectivity index (χ0) is 14.0. The summed E-state index contributed by atoms with van der Waals surface area (Å²) in [4.78, 5) is 12.0. The Morgan fingerprint density at radius 1 is 1.16 bits per heavy atom. The molecule has 0 aliphatic carbocycles. The number of halogens is 2. The number of phenols is 1. The molecule has 0 heterocycles. The van der Waals surface area contributed by atoms with Crippen LogP contribution in [0.15, 0.2) is 36.4 Å². The summed E-state index contributed by atoms with van der Waals surface area (Å²) in [5.41, 5.74) is 1.53. The normalized spacial score (nSPS) is 10.3. The Balaban J connectivity index is 2.23. The van der Waals surface area contributed by atoms with Crippen molar-refractivity contribution in [3.05, 3.63) is 57.6 Å². The van der Waals surface area contributed by atoms with Gasteiger partial charge in [-0.05, 0) is 42.8 Å². The van der Waals surface area contributed by atoms with Gasteiger partial charge >= 0.3 is 0 Å². The Morgan fingerprint density at radius 2 is 1.89 bits per heavy atom. The van der Waals surface area contributed by atoms with Crippen LogP contribution in [0.2, 0.25) is 10.0 Å². The summed E-state index contributed by atoms with van der Waals surface area (Å²) in [6.07, 6.45) is 0. The van der Waals surface area contributed by atoms with Gasteiger partial charge in [-0.15, -0.1) is 0 Å². The van der Waals surface area contributed by atoms with E-state index in [1.54, 1.807) is 37.3 Å². The number of anilines is 1. The fourth-order valence-corrected chi connectivity index (χ4v) is 1.99. The second kappa shape index (κ2) is 5.51. The topological polar surface area (TPSA) is 49.3 Å². The number of carbonyl (C=O) groups excluding carboxylic acids is 1. The standard InChI is InChI=1S/C14H11Cl2NO2/c1-8-2-3-9(6-13(8)18)14(19)17-12-5-4-10(15)7-11(12)16/h2-7,18H,1H3,(H,17,19). The highest BCUT2D eigenvalue weighted by atomic mass is 35.5. The molecular formula is C14H11Cl2NO2. The minimum atomic E-state index is -0.348. The van der Waals surface area contributed by atoms with Gasteiger partial charge in [-0.3, -0.25) is 4.79 Å². The summed E-state index contributed by atoms with van der Waals surface area (Å²) in [6, 6.07) is 9.52. The molecule has 1 amide bonds. The lowest BCUT2D eigenvalue weighted by Crippen LogP contribution is -2.12. The molecule has 2 N–H and O–H groups in total. The van der Waals surface area contributed by atoms with Crippen LogP contribution in [0.3, 0.4) is 0 Å². The Bertz CT molecular complexity index is 641. The Kier molecular flexibility index (Phi) is 3.98. The van der Waals surface area contributed by atoms with Crippen LogP contribution in [0, 0.1) is 6.92 Å². The van der Waals surface area contributed by atoms with E-state index in [-0.39, 0.29) is 11.7 Å². The smallest absolute Gasteiger partial charge is 0.255 e. The third kappa shape index (κ3) is 3.19. The van der Waals surface area contributed by atoms with E-state index < -0.39 is 0 Å². The molecule has 0 bridgehead atoms. The molecule has 0 aliphatic rings. The molecule has 2 aromatic carbocycles. The van der Waals surface area contributed by atoms with E-state index in [0.29, 0.717) is 26.9 Å². The van der Waals surface area contributed by atoms with Crippen LogP contribution >= 0.6 is 23.2 Å². The summed E-state index contributed by atoms with van der Waals surface area (Å²) >= 11 is 11.7. The van der Waals surface area contributed by atoms with E-state index in [1.165, 1.54) is 6.07 Å². The predicted octanol–water partition coefficient (Wildman–Crippen LogP) is 4.26. The fourth-order valence-electron chi connectivity index (χ4n) is 1.54. The summed E-state index contributed by atoms with van der Waals surface area (Å²) < 4.78 is 0. The molecule has 5 heteroatoms. The predicted molar refractivity (Wildman–Crippen MR) is 77.3 cm³/mol. The number of hydrogen-bond donors (Lipinski definition) is 2. The van der Waals surface area contributed by atoms with Crippen LogP contribution in [0.1, 0.15) is 15.9 Å². The average Bonchev–Trinajstić information content (AvgIpc) is 2.36. The lowest BCUT2D eigenvalue weighted by molar-refractivity contribution is 0.102. The van der Waals surface area contributed by atoms with E-state index in [4.69, 9.17) is 23.2 Å². The van der Waals surface area contributed by atoms with Gasteiger partial charge in [0.2, 0.25) is 0 Å². The summed E-state index contributed by atoms with van der Waals surface area (Å²) in [5, 5.41) is 13.1. The van der Waals surface area contributed by atoms with E-state index in [2.05, 4.69) is 5.32 Å². The van der Waals surface area contributed by atoms with Crippen molar-refractivity contribution in [1.82, 2.24) is 0 Å². The highest BCUT2D eigenvalue weighted by Crippen LogP contribution is 2.26. The molecule has 0 atom stereocenters. The van der Waals surface area contributed by atoms with Gasteiger partial charge in [0, 0.05) is 10.6 Å². The summed E-state index contributed by atoms with van der Waals surface area (Å²) in [7, 11) is 0. The molecule has 2 rings (SSSR count). The molecular weight excluding hydrogens is 285 g/mol. The quantitative estimate of drug-likeness (QED) is 0.870. The van der Waals surface area contributed by atoms with Gasteiger partial charge in [0.15, 0.2) is 0 Å². The van der Waals surface area contributed by atoms with Crippen molar-refractivity contribution in [1.29, 1.82) is 0 Å². The van der Waals surface area contributed by atoms with Crippen molar-refractivity contribution in [2.45, 2.75) is 6.92 Å². The first-order valence-corrected chi connectivity index (χ1v) is 6.29. The molecule has 0 aliphatic heterocycles. The molecule has 0 fully saturated rings. The number of aryl methyl sites for hydroxylation is 1. The lowest BCUT2D eigenvalue weighted by Gasteiger charge is -2.08. The van der Waals surface area contributed by atoms with Crippen LogP contribution in [-0.4, -0.2) is 11.0 Å². The molecule has 0 aromatic heterocycles. The third-order valence-electron chi connectivity index (χ3n) is 2.65. The van der Waals surface area contributed by atoms with Crippen molar-refractivity contribution >= 4 is 34.8 Å². The minimum Gasteiger partial charge on any atom is -0.508 e. The van der Waals surface area contributed by atoms with Gasteiger partial charge in [-0.1, -0.05) is 29.3 Å². The molecule has 0 saturated carbocycles. The van der Waals surface area contributed by atoms with Gasteiger partial charge in [0.05, 0.1) is 10.7 Å². The van der Waals surface area contributed by atoms with Crippen molar-refractivity contribution in [3.8, 4) is 5.75 Å². The van der Waals surface area contributed by atoms with Crippen LogP contribution in [-0.2, 0) is 0 Å². The summed E-state index contributed by atoms with van der Waals surface area (Å²) in [5.74, 6) is -0.269. The van der Waals surface area contributed by atoms with Crippen LogP contribution < -0.4 is 5.32 Å². The van der Waals surface area contributed by atoms with E-state index in [0.717, 1.165) is 0 Å². The molecule has 0 unspecified atom stereocenters. The van der Waals surface area contributed by atoms with E-state index in [1.807, 2.05) is 0 Å². The maximum absolute atomic E-state index is 12.0. The number of hydrogen-bond acceptors (Lipinski definition) is 2. The van der Waals surface area contributed by atoms with Crippen LogP contribution in [0.5, 0.6) is 5.75 Å². The first kappa shape index (κ1) is 13.7. The van der Waals surface area contributed by atoms with Gasteiger partial charge in [0.1, 0.15) is 5.75 Å². The number of phenolic OH excluding ortho intramolecular Hbond substituents is 1. The number of aromatic hydroxyl groups is 1. The lowest BCUT2D eigenvalue weighted by atomic mass is 10.1. The number of benzene rings is 2. The Hall–Kier alpha value is -1.71. The van der Waals surface area contributed by atoms with Gasteiger partial charge < -0.3 is 10.4 Å².